The van der Waals surface area contributed by atoms with Crippen molar-refractivity contribution < 1.29 is 0 Å². The predicted molar refractivity (Wildman–Crippen MR) is 101 cm³/mol. The van der Waals surface area contributed by atoms with Crippen molar-refractivity contribution in [3.63, 3.8) is 0 Å². The maximum Gasteiger partial charge on any atom is 0.128 e. The Hall–Kier alpha value is -3.15. The second kappa shape index (κ2) is 6.76. The van der Waals surface area contributed by atoms with Gasteiger partial charge in [-0.25, -0.2) is 9.97 Å². The van der Waals surface area contributed by atoms with Gasteiger partial charge in [-0.05, 0) is 30.3 Å². The summed E-state index contributed by atoms with van der Waals surface area (Å²) in [5.74, 6) is 1.57. The number of pyridine rings is 3. The highest BCUT2D eigenvalue weighted by Crippen LogP contribution is 2.26. The van der Waals surface area contributed by atoms with E-state index in [4.69, 9.17) is 5.73 Å². The van der Waals surface area contributed by atoms with Crippen molar-refractivity contribution in [2.75, 3.05) is 41.7 Å². The van der Waals surface area contributed by atoms with Crippen LogP contribution in [0.25, 0.3) is 11.3 Å². The number of nitrogens with two attached hydrogens (primary N) is 1. The van der Waals surface area contributed by atoms with E-state index >= 15 is 0 Å². The van der Waals surface area contributed by atoms with Crippen LogP contribution in [0.2, 0.25) is 0 Å². The van der Waals surface area contributed by atoms with Crippen LogP contribution >= 0.6 is 0 Å². The Labute approximate surface area is 147 Å². The minimum atomic E-state index is 0.531. The van der Waals surface area contributed by atoms with Crippen molar-refractivity contribution in [3.05, 3.63) is 61.1 Å². The van der Waals surface area contributed by atoms with Crippen LogP contribution in [0.3, 0.4) is 0 Å². The van der Waals surface area contributed by atoms with Crippen molar-refractivity contribution >= 4 is 17.3 Å². The maximum absolute atomic E-state index is 6.04. The Morgan fingerprint density at radius 3 is 2.44 bits per heavy atom. The van der Waals surface area contributed by atoms with Crippen LogP contribution in [-0.2, 0) is 0 Å². The standard InChI is InChI=1S/C19H20N6/c20-18-13-16(12-17(23-18)15-4-3-6-21-14-15)24-8-10-25(11-9-24)19-5-1-2-7-22-19/h1-7,12-14H,8-11H2,(H2,20,23). The topological polar surface area (TPSA) is 71.2 Å². The maximum atomic E-state index is 6.04. The summed E-state index contributed by atoms with van der Waals surface area (Å²) in [5.41, 5.74) is 8.98. The van der Waals surface area contributed by atoms with E-state index in [9.17, 15) is 0 Å². The molecule has 1 fully saturated rings. The van der Waals surface area contributed by atoms with Gasteiger partial charge < -0.3 is 15.5 Å². The molecule has 0 bridgehead atoms. The normalized spacial score (nSPS) is 14.6. The summed E-state index contributed by atoms with van der Waals surface area (Å²) in [6, 6.07) is 14.0. The number of aromatic nitrogens is 3. The number of nitrogens with zero attached hydrogens (tertiary/aromatic N) is 5. The number of anilines is 3. The molecule has 3 aromatic rings. The van der Waals surface area contributed by atoms with E-state index in [1.54, 1.807) is 6.20 Å². The van der Waals surface area contributed by atoms with Crippen LogP contribution < -0.4 is 15.5 Å². The van der Waals surface area contributed by atoms with Crippen LogP contribution in [0.5, 0.6) is 0 Å². The monoisotopic (exact) mass is 332 g/mol. The molecule has 6 heteroatoms. The fourth-order valence-electron chi connectivity index (χ4n) is 3.12. The Bertz CT molecular complexity index is 829. The molecule has 3 aromatic heterocycles. The molecule has 4 heterocycles. The molecule has 6 nitrogen and oxygen atoms in total. The molecule has 25 heavy (non-hydrogen) atoms. The number of hydrogen-bond donors (Lipinski definition) is 1. The first-order chi connectivity index (χ1) is 12.3. The summed E-state index contributed by atoms with van der Waals surface area (Å²) >= 11 is 0. The van der Waals surface area contributed by atoms with Crippen molar-refractivity contribution in [3.8, 4) is 11.3 Å². The molecule has 1 aliphatic rings. The zero-order chi connectivity index (χ0) is 17.1. The van der Waals surface area contributed by atoms with Gasteiger partial charge in [0.25, 0.3) is 0 Å². The lowest BCUT2D eigenvalue weighted by Gasteiger charge is -2.36. The first-order valence-corrected chi connectivity index (χ1v) is 8.38. The average molecular weight is 332 g/mol. The van der Waals surface area contributed by atoms with Crippen LogP contribution in [0.15, 0.2) is 61.1 Å². The molecule has 0 aromatic carbocycles. The minimum absolute atomic E-state index is 0.531. The molecular weight excluding hydrogens is 312 g/mol. The summed E-state index contributed by atoms with van der Waals surface area (Å²) in [6.45, 7) is 3.71. The Balaban J connectivity index is 1.52. The quantitative estimate of drug-likeness (QED) is 0.794. The van der Waals surface area contributed by atoms with Gasteiger partial charge >= 0.3 is 0 Å². The minimum Gasteiger partial charge on any atom is -0.384 e. The Morgan fingerprint density at radius 1 is 0.880 bits per heavy atom. The van der Waals surface area contributed by atoms with E-state index in [-0.39, 0.29) is 0 Å². The highest BCUT2D eigenvalue weighted by atomic mass is 15.3. The highest BCUT2D eigenvalue weighted by Gasteiger charge is 2.19. The molecule has 4 rings (SSSR count). The molecule has 0 spiro atoms. The fraction of sp³-hybridized carbons (Fsp3) is 0.211. The molecule has 0 atom stereocenters. The molecule has 1 aliphatic heterocycles. The summed E-state index contributed by atoms with van der Waals surface area (Å²) in [5, 5.41) is 0. The number of nitrogen functional groups attached to an aromatic ring is 1. The third-order valence-electron chi connectivity index (χ3n) is 4.41. The zero-order valence-corrected chi connectivity index (χ0v) is 13.9. The molecular formula is C19H20N6. The van der Waals surface area contributed by atoms with E-state index in [1.807, 2.05) is 42.7 Å². The SMILES string of the molecule is Nc1cc(N2CCN(c3ccccn3)CC2)cc(-c2cccnc2)n1. The lowest BCUT2D eigenvalue weighted by atomic mass is 10.1. The van der Waals surface area contributed by atoms with Crippen molar-refractivity contribution in [1.82, 2.24) is 15.0 Å². The molecule has 0 radical (unpaired) electrons. The van der Waals surface area contributed by atoms with Crippen molar-refractivity contribution in [2.45, 2.75) is 0 Å². The van der Waals surface area contributed by atoms with E-state index in [2.05, 4.69) is 36.9 Å². The fourth-order valence-corrected chi connectivity index (χ4v) is 3.12. The highest BCUT2D eigenvalue weighted by molar-refractivity contribution is 5.67. The van der Waals surface area contributed by atoms with Crippen LogP contribution in [0.1, 0.15) is 0 Å². The molecule has 0 unspecified atom stereocenters. The number of hydrogen-bond acceptors (Lipinski definition) is 6. The lowest BCUT2D eigenvalue weighted by Crippen LogP contribution is -2.46. The smallest absolute Gasteiger partial charge is 0.128 e. The van der Waals surface area contributed by atoms with Crippen molar-refractivity contribution in [2.24, 2.45) is 0 Å². The number of rotatable bonds is 3. The third kappa shape index (κ3) is 3.38. The van der Waals surface area contributed by atoms with E-state index in [0.29, 0.717) is 5.82 Å². The summed E-state index contributed by atoms with van der Waals surface area (Å²) in [7, 11) is 0. The van der Waals surface area contributed by atoms with Gasteiger partial charge in [-0.15, -0.1) is 0 Å². The van der Waals surface area contributed by atoms with Gasteiger partial charge in [-0.3, -0.25) is 4.98 Å². The molecule has 0 saturated carbocycles. The second-order valence-corrected chi connectivity index (χ2v) is 6.04. The van der Waals surface area contributed by atoms with Gasteiger partial charge in [0.2, 0.25) is 0 Å². The summed E-state index contributed by atoms with van der Waals surface area (Å²) in [4.78, 5) is 17.7. The Morgan fingerprint density at radius 2 is 1.72 bits per heavy atom. The van der Waals surface area contributed by atoms with E-state index in [0.717, 1.165) is 48.9 Å². The predicted octanol–water partition coefficient (Wildman–Crippen LogP) is 2.45. The summed E-state index contributed by atoms with van der Waals surface area (Å²) < 4.78 is 0. The zero-order valence-electron chi connectivity index (χ0n) is 13.9. The molecule has 0 aliphatic carbocycles. The summed E-state index contributed by atoms with van der Waals surface area (Å²) in [6.07, 6.45) is 5.41. The Kier molecular flexibility index (Phi) is 4.16. The largest absolute Gasteiger partial charge is 0.384 e. The van der Waals surface area contributed by atoms with Crippen LogP contribution in [0.4, 0.5) is 17.3 Å². The number of piperazine rings is 1. The van der Waals surface area contributed by atoms with Crippen molar-refractivity contribution in [1.29, 1.82) is 0 Å². The van der Waals surface area contributed by atoms with E-state index in [1.165, 1.54) is 0 Å². The van der Waals surface area contributed by atoms with Gasteiger partial charge in [0.05, 0.1) is 5.69 Å². The third-order valence-corrected chi connectivity index (χ3v) is 4.41. The van der Waals surface area contributed by atoms with Gasteiger partial charge in [0.15, 0.2) is 0 Å². The molecule has 1 saturated heterocycles. The van der Waals surface area contributed by atoms with Crippen LogP contribution in [0, 0.1) is 0 Å². The van der Waals surface area contributed by atoms with Crippen LogP contribution in [-0.4, -0.2) is 41.1 Å². The van der Waals surface area contributed by atoms with Gasteiger partial charge in [-0.1, -0.05) is 6.07 Å². The lowest BCUT2D eigenvalue weighted by molar-refractivity contribution is 0.647. The first-order valence-electron chi connectivity index (χ1n) is 8.38. The molecule has 0 amide bonds. The molecule has 126 valence electrons. The van der Waals surface area contributed by atoms with Gasteiger partial charge in [0, 0.05) is 62.1 Å². The second-order valence-electron chi connectivity index (χ2n) is 6.04. The average Bonchev–Trinajstić information content (AvgIpc) is 2.69. The first kappa shape index (κ1) is 15.4. The molecule has 2 N–H and O–H groups in total. The van der Waals surface area contributed by atoms with Gasteiger partial charge in [0.1, 0.15) is 11.6 Å². The van der Waals surface area contributed by atoms with Gasteiger partial charge in [-0.2, -0.15) is 0 Å². The van der Waals surface area contributed by atoms with E-state index < -0.39 is 0 Å².